The van der Waals surface area contributed by atoms with Gasteiger partial charge in [-0.25, -0.2) is 9.67 Å². The highest BCUT2D eigenvalue weighted by Gasteiger charge is 2.26. The summed E-state index contributed by atoms with van der Waals surface area (Å²) in [6.07, 6.45) is 1.70. The van der Waals surface area contributed by atoms with Crippen molar-refractivity contribution in [2.75, 3.05) is 0 Å². The molecular weight excluding hydrogens is 417 g/mol. The second-order valence-electron chi connectivity index (χ2n) is 4.79. The molecule has 2 aromatic carbocycles. The number of hydrogen-bond donors (Lipinski definition) is 0. The van der Waals surface area contributed by atoms with Crippen molar-refractivity contribution >= 4 is 44.9 Å². The molecular formula is C16H10BrCl2N3O2. The highest BCUT2D eigenvalue weighted by Crippen LogP contribution is 2.27. The quantitative estimate of drug-likeness (QED) is 0.549. The van der Waals surface area contributed by atoms with Gasteiger partial charge in [-0.2, -0.15) is 5.10 Å². The normalized spacial score (nSPS) is 12.0. The van der Waals surface area contributed by atoms with Crippen molar-refractivity contribution in [2.45, 2.75) is 6.23 Å². The minimum atomic E-state index is -1.03. The molecule has 5 nitrogen and oxygen atoms in total. The lowest BCUT2D eigenvalue weighted by atomic mass is 10.1. The van der Waals surface area contributed by atoms with E-state index >= 15 is 0 Å². The Balaban J connectivity index is 1.95. The van der Waals surface area contributed by atoms with Crippen LogP contribution < -0.4 is 4.74 Å². The first-order chi connectivity index (χ1) is 11.5. The topological polar surface area (TPSA) is 57.0 Å². The van der Waals surface area contributed by atoms with Crippen LogP contribution >= 0.6 is 39.1 Å². The number of rotatable bonds is 5. The van der Waals surface area contributed by atoms with E-state index in [0.717, 1.165) is 4.47 Å². The number of nitrogens with zero attached hydrogens (tertiary/aromatic N) is 3. The first-order valence-corrected chi connectivity index (χ1v) is 8.35. The molecule has 0 spiro atoms. The first kappa shape index (κ1) is 17.0. The molecule has 1 aromatic heterocycles. The van der Waals surface area contributed by atoms with Crippen LogP contribution in [-0.2, 0) is 0 Å². The average Bonchev–Trinajstić information content (AvgIpc) is 3.08. The highest BCUT2D eigenvalue weighted by atomic mass is 79.9. The van der Waals surface area contributed by atoms with Crippen molar-refractivity contribution in [1.29, 1.82) is 0 Å². The molecule has 1 atom stereocenters. The monoisotopic (exact) mass is 425 g/mol. The van der Waals surface area contributed by atoms with E-state index in [1.54, 1.807) is 24.3 Å². The molecule has 0 aliphatic rings. The van der Waals surface area contributed by atoms with Crippen LogP contribution in [0.4, 0.5) is 0 Å². The lowest BCUT2D eigenvalue weighted by Crippen LogP contribution is -2.26. The van der Waals surface area contributed by atoms with E-state index in [1.807, 2.05) is 12.1 Å². The number of halogens is 3. The van der Waals surface area contributed by atoms with Gasteiger partial charge in [0.1, 0.15) is 18.4 Å². The number of carbonyl (C=O) groups is 1. The van der Waals surface area contributed by atoms with Crippen molar-refractivity contribution in [3.8, 4) is 5.75 Å². The number of Topliss-reactive ketones (excluding diaryl/α,β-unsaturated/α-hetero) is 1. The summed E-state index contributed by atoms with van der Waals surface area (Å²) in [7, 11) is 0. The standard InChI is InChI=1S/C16H10BrCl2N3O2/c17-10-1-4-12(5-2-10)24-16(22-9-20-8-21-22)15(23)13-6-3-11(18)7-14(13)19/h1-9,16H. The minimum absolute atomic E-state index is 0.247. The number of ketones is 1. The zero-order valence-electron chi connectivity index (χ0n) is 12.1. The van der Waals surface area contributed by atoms with Gasteiger partial charge < -0.3 is 4.74 Å². The van der Waals surface area contributed by atoms with Crippen molar-refractivity contribution in [1.82, 2.24) is 14.8 Å². The zero-order valence-corrected chi connectivity index (χ0v) is 15.2. The Kier molecular flexibility index (Phi) is 5.18. The number of benzene rings is 2. The molecule has 0 fully saturated rings. The van der Waals surface area contributed by atoms with Gasteiger partial charge in [0.25, 0.3) is 6.23 Å². The summed E-state index contributed by atoms with van der Waals surface area (Å²) in [5, 5.41) is 4.70. The maximum Gasteiger partial charge on any atom is 0.256 e. The molecule has 0 saturated carbocycles. The van der Waals surface area contributed by atoms with Crippen LogP contribution in [0.3, 0.4) is 0 Å². The largest absolute Gasteiger partial charge is 0.461 e. The van der Waals surface area contributed by atoms with Gasteiger partial charge in [-0.05, 0) is 42.5 Å². The maximum atomic E-state index is 12.9. The van der Waals surface area contributed by atoms with Crippen LogP contribution in [0, 0.1) is 0 Å². The Morgan fingerprint density at radius 3 is 2.54 bits per heavy atom. The minimum Gasteiger partial charge on any atom is -0.461 e. The third-order valence-corrected chi connectivity index (χ3v) is 4.24. The molecule has 8 heteroatoms. The van der Waals surface area contributed by atoms with E-state index in [9.17, 15) is 4.79 Å². The third-order valence-electron chi connectivity index (χ3n) is 3.16. The van der Waals surface area contributed by atoms with Gasteiger partial charge in [0.15, 0.2) is 0 Å². The Hall–Kier alpha value is -1.89. The predicted octanol–water partition coefficient (Wildman–Crippen LogP) is 4.81. The molecule has 0 N–H and O–H groups in total. The Labute approximate surface area is 156 Å². The van der Waals surface area contributed by atoms with Gasteiger partial charge in [0, 0.05) is 15.1 Å². The van der Waals surface area contributed by atoms with Gasteiger partial charge in [0.2, 0.25) is 5.78 Å². The summed E-state index contributed by atoms with van der Waals surface area (Å²) >= 11 is 15.4. The number of hydrogen-bond acceptors (Lipinski definition) is 4. The van der Waals surface area contributed by atoms with Crippen LogP contribution in [0.1, 0.15) is 16.6 Å². The molecule has 122 valence electrons. The predicted molar refractivity (Wildman–Crippen MR) is 94.6 cm³/mol. The fraction of sp³-hybridized carbons (Fsp3) is 0.0625. The smallest absolute Gasteiger partial charge is 0.256 e. The van der Waals surface area contributed by atoms with E-state index in [2.05, 4.69) is 26.0 Å². The molecule has 0 radical (unpaired) electrons. The molecule has 0 aliphatic carbocycles. The Morgan fingerprint density at radius 1 is 1.17 bits per heavy atom. The maximum absolute atomic E-state index is 12.9. The summed E-state index contributed by atoms with van der Waals surface area (Å²) < 4.78 is 8.04. The van der Waals surface area contributed by atoms with E-state index in [-0.39, 0.29) is 10.8 Å². The van der Waals surface area contributed by atoms with E-state index in [4.69, 9.17) is 27.9 Å². The SMILES string of the molecule is O=C(c1ccc(Cl)cc1Cl)C(Oc1ccc(Br)cc1)n1cncn1. The molecule has 1 unspecified atom stereocenters. The lowest BCUT2D eigenvalue weighted by Gasteiger charge is -2.18. The van der Waals surface area contributed by atoms with Gasteiger partial charge in [0.05, 0.1) is 5.02 Å². The van der Waals surface area contributed by atoms with Crippen LogP contribution in [-0.4, -0.2) is 20.5 Å². The van der Waals surface area contributed by atoms with E-state index < -0.39 is 6.23 Å². The van der Waals surface area contributed by atoms with Gasteiger partial charge in [-0.3, -0.25) is 4.79 Å². The second-order valence-corrected chi connectivity index (χ2v) is 6.55. The highest BCUT2D eigenvalue weighted by molar-refractivity contribution is 9.10. The number of carbonyl (C=O) groups excluding carboxylic acids is 1. The fourth-order valence-electron chi connectivity index (χ4n) is 2.03. The third kappa shape index (κ3) is 3.77. The second kappa shape index (κ2) is 7.34. The summed E-state index contributed by atoms with van der Waals surface area (Å²) in [4.78, 5) is 16.8. The molecule has 24 heavy (non-hydrogen) atoms. The Morgan fingerprint density at radius 2 is 1.92 bits per heavy atom. The first-order valence-electron chi connectivity index (χ1n) is 6.80. The number of ether oxygens (including phenoxy) is 1. The molecule has 0 bridgehead atoms. The number of aromatic nitrogens is 3. The van der Waals surface area contributed by atoms with Gasteiger partial charge in [-0.1, -0.05) is 39.1 Å². The summed E-state index contributed by atoms with van der Waals surface area (Å²) in [5.74, 6) is 0.155. The molecule has 1 heterocycles. The lowest BCUT2D eigenvalue weighted by molar-refractivity contribution is 0.0619. The molecule has 3 aromatic rings. The van der Waals surface area contributed by atoms with Crippen LogP contribution in [0.5, 0.6) is 5.75 Å². The summed E-state index contributed by atoms with van der Waals surface area (Å²) in [6.45, 7) is 0. The van der Waals surface area contributed by atoms with Crippen molar-refractivity contribution < 1.29 is 9.53 Å². The van der Waals surface area contributed by atoms with Crippen LogP contribution in [0.2, 0.25) is 10.0 Å². The van der Waals surface area contributed by atoms with Crippen molar-refractivity contribution in [3.63, 3.8) is 0 Å². The van der Waals surface area contributed by atoms with E-state index in [1.165, 1.54) is 23.4 Å². The zero-order chi connectivity index (χ0) is 17.1. The Bertz CT molecular complexity index is 854. The van der Waals surface area contributed by atoms with Crippen LogP contribution in [0.15, 0.2) is 59.6 Å². The average molecular weight is 427 g/mol. The summed E-state index contributed by atoms with van der Waals surface area (Å²) in [6, 6.07) is 11.8. The van der Waals surface area contributed by atoms with Crippen molar-refractivity contribution in [2.24, 2.45) is 0 Å². The van der Waals surface area contributed by atoms with E-state index in [0.29, 0.717) is 16.3 Å². The van der Waals surface area contributed by atoms with Crippen LogP contribution in [0.25, 0.3) is 0 Å². The summed E-state index contributed by atoms with van der Waals surface area (Å²) in [5.41, 5.74) is 0.290. The molecule has 3 rings (SSSR count). The molecule has 0 amide bonds. The fourth-order valence-corrected chi connectivity index (χ4v) is 2.80. The van der Waals surface area contributed by atoms with Gasteiger partial charge >= 0.3 is 0 Å². The van der Waals surface area contributed by atoms with Gasteiger partial charge in [-0.15, -0.1) is 0 Å². The molecule has 0 aliphatic heterocycles. The van der Waals surface area contributed by atoms with Crippen molar-refractivity contribution in [3.05, 3.63) is 75.2 Å². The molecule has 0 saturated heterocycles.